The molecule has 1 fully saturated rings. The minimum absolute atomic E-state index is 0.694. The molecule has 0 unspecified atom stereocenters. The van der Waals surface area contributed by atoms with Crippen LogP contribution in [-0.2, 0) is 4.74 Å². The quantitative estimate of drug-likeness (QED) is 0.710. The molecule has 1 aliphatic heterocycles. The standard InChI is InChI=1S/C14H16N6OS/c1-19(2)14-17-9-10-13(16-4-3-15-10)22-11(9)12(18-14)20-5-7-21-8-6-20/h3-4H,5-8H2,1-2H3. The average Bonchev–Trinajstić information content (AvgIpc) is 2.93. The second-order valence-electron chi connectivity index (χ2n) is 5.33. The van der Waals surface area contributed by atoms with Gasteiger partial charge in [-0.15, -0.1) is 11.3 Å². The Morgan fingerprint density at radius 1 is 1.09 bits per heavy atom. The molecule has 114 valence electrons. The molecule has 4 rings (SSSR count). The zero-order valence-electron chi connectivity index (χ0n) is 12.5. The van der Waals surface area contributed by atoms with Gasteiger partial charge in [0.15, 0.2) is 5.82 Å². The number of fused-ring (bicyclic) bond motifs is 3. The van der Waals surface area contributed by atoms with Gasteiger partial charge in [0.2, 0.25) is 5.95 Å². The van der Waals surface area contributed by atoms with Crippen LogP contribution in [0.15, 0.2) is 12.4 Å². The molecular weight excluding hydrogens is 300 g/mol. The molecule has 0 bridgehead atoms. The summed E-state index contributed by atoms with van der Waals surface area (Å²) in [6, 6.07) is 0. The lowest BCUT2D eigenvalue weighted by molar-refractivity contribution is 0.122. The van der Waals surface area contributed by atoms with E-state index in [9.17, 15) is 0 Å². The van der Waals surface area contributed by atoms with Gasteiger partial charge in [0.1, 0.15) is 20.6 Å². The number of anilines is 2. The van der Waals surface area contributed by atoms with Crippen molar-refractivity contribution in [1.29, 1.82) is 0 Å². The van der Waals surface area contributed by atoms with Gasteiger partial charge >= 0.3 is 0 Å². The van der Waals surface area contributed by atoms with Gasteiger partial charge in [-0.2, -0.15) is 4.98 Å². The van der Waals surface area contributed by atoms with Crippen molar-refractivity contribution in [2.24, 2.45) is 0 Å². The Balaban J connectivity index is 1.99. The molecular formula is C14H16N6OS. The van der Waals surface area contributed by atoms with Gasteiger partial charge in [-0.25, -0.2) is 15.0 Å². The molecule has 0 radical (unpaired) electrons. The molecule has 3 aromatic rings. The first-order valence-corrected chi connectivity index (χ1v) is 7.97. The van der Waals surface area contributed by atoms with E-state index in [2.05, 4.69) is 19.9 Å². The highest BCUT2D eigenvalue weighted by atomic mass is 32.1. The lowest BCUT2D eigenvalue weighted by Gasteiger charge is -2.28. The summed E-state index contributed by atoms with van der Waals surface area (Å²) in [5.74, 6) is 1.65. The van der Waals surface area contributed by atoms with Crippen LogP contribution < -0.4 is 9.80 Å². The van der Waals surface area contributed by atoms with Crippen molar-refractivity contribution in [3.05, 3.63) is 12.4 Å². The van der Waals surface area contributed by atoms with Crippen LogP contribution in [0.2, 0.25) is 0 Å². The Bertz CT molecular complexity index is 827. The van der Waals surface area contributed by atoms with Gasteiger partial charge in [-0.1, -0.05) is 0 Å². The van der Waals surface area contributed by atoms with Crippen molar-refractivity contribution < 1.29 is 4.74 Å². The molecule has 1 aliphatic rings. The topological polar surface area (TPSA) is 67.3 Å². The molecule has 0 aromatic carbocycles. The van der Waals surface area contributed by atoms with E-state index in [1.165, 1.54) is 0 Å². The first-order valence-electron chi connectivity index (χ1n) is 7.15. The molecule has 0 aliphatic carbocycles. The van der Waals surface area contributed by atoms with Gasteiger partial charge in [-0.05, 0) is 0 Å². The van der Waals surface area contributed by atoms with Crippen LogP contribution in [0.1, 0.15) is 0 Å². The maximum atomic E-state index is 5.45. The normalized spacial score (nSPS) is 15.6. The van der Waals surface area contributed by atoms with Gasteiger partial charge in [0.05, 0.1) is 13.2 Å². The van der Waals surface area contributed by atoms with E-state index in [0.29, 0.717) is 5.95 Å². The number of ether oxygens (including phenoxy) is 1. The second kappa shape index (κ2) is 5.29. The predicted molar refractivity (Wildman–Crippen MR) is 87.9 cm³/mol. The maximum Gasteiger partial charge on any atom is 0.227 e. The summed E-state index contributed by atoms with van der Waals surface area (Å²) in [6.45, 7) is 3.14. The number of morpholine rings is 1. The summed E-state index contributed by atoms with van der Waals surface area (Å²) >= 11 is 1.60. The highest BCUT2D eigenvalue weighted by molar-refractivity contribution is 7.25. The Hall–Kier alpha value is -2.06. The van der Waals surface area contributed by atoms with Crippen LogP contribution >= 0.6 is 11.3 Å². The second-order valence-corrected chi connectivity index (χ2v) is 6.33. The fourth-order valence-corrected chi connectivity index (χ4v) is 3.59. The molecule has 1 saturated heterocycles. The third-order valence-corrected chi connectivity index (χ3v) is 4.71. The molecule has 8 heteroatoms. The van der Waals surface area contributed by atoms with Crippen molar-refractivity contribution >= 4 is 43.7 Å². The van der Waals surface area contributed by atoms with E-state index in [1.807, 2.05) is 19.0 Å². The molecule has 4 heterocycles. The number of hydrogen-bond acceptors (Lipinski definition) is 8. The summed E-state index contributed by atoms with van der Waals surface area (Å²) < 4.78 is 6.50. The van der Waals surface area contributed by atoms with Gasteiger partial charge in [0, 0.05) is 39.6 Å². The number of thiophene rings is 1. The highest BCUT2D eigenvalue weighted by Gasteiger charge is 2.21. The van der Waals surface area contributed by atoms with Crippen LogP contribution in [-0.4, -0.2) is 60.3 Å². The Labute approximate surface area is 131 Å². The number of hydrogen-bond donors (Lipinski definition) is 0. The number of rotatable bonds is 2. The van der Waals surface area contributed by atoms with Crippen molar-refractivity contribution in [3.63, 3.8) is 0 Å². The van der Waals surface area contributed by atoms with E-state index in [4.69, 9.17) is 9.72 Å². The molecule has 0 amide bonds. The van der Waals surface area contributed by atoms with E-state index < -0.39 is 0 Å². The number of aromatic nitrogens is 4. The first kappa shape index (κ1) is 13.6. The van der Waals surface area contributed by atoms with E-state index in [1.54, 1.807) is 23.7 Å². The van der Waals surface area contributed by atoms with Crippen molar-refractivity contribution in [1.82, 2.24) is 19.9 Å². The first-order chi connectivity index (χ1) is 10.7. The van der Waals surface area contributed by atoms with Crippen LogP contribution in [0.25, 0.3) is 20.6 Å². The summed E-state index contributed by atoms with van der Waals surface area (Å²) in [5, 5.41) is 0. The molecule has 0 saturated carbocycles. The summed E-state index contributed by atoms with van der Waals surface area (Å²) in [5.41, 5.74) is 1.73. The molecule has 0 atom stereocenters. The van der Waals surface area contributed by atoms with Crippen LogP contribution in [0.4, 0.5) is 11.8 Å². The Kier molecular flexibility index (Phi) is 3.27. The van der Waals surface area contributed by atoms with E-state index in [-0.39, 0.29) is 0 Å². The maximum absolute atomic E-state index is 5.45. The monoisotopic (exact) mass is 316 g/mol. The largest absolute Gasteiger partial charge is 0.378 e. The average molecular weight is 316 g/mol. The smallest absolute Gasteiger partial charge is 0.227 e. The van der Waals surface area contributed by atoms with Gasteiger partial charge in [0.25, 0.3) is 0 Å². The Morgan fingerprint density at radius 3 is 2.64 bits per heavy atom. The highest BCUT2D eigenvalue weighted by Crippen LogP contribution is 2.36. The van der Waals surface area contributed by atoms with Crippen LogP contribution in [0, 0.1) is 0 Å². The van der Waals surface area contributed by atoms with E-state index >= 15 is 0 Å². The zero-order valence-corrected chi connectivity index (χ0v) is 13.3. The zero-order chi connectivity index (χ0) is 15.1. The fraction of sp³-hybridized carbons (Fsp3) is 0.429. The SMILES string of the molecule is CN(C)c1nc(N2CCOCC2)c2sc3nccnc3c2n1. The molecule has 0 N–H and O–H groups in total. The predicted octanol–water partition coefficient (Wildman–Crippen LogP) is 1.54. The third kappa shape index (κ3) is 2.15. The number of nitrogens with zero attached hydrogens (tertiary/aromatic N) is 6. The molecule has 22 heavy (non-hydrogen) atoms. The summed E-state index contributed by atoms with van der Waals surface area (Å²) in [6.07, 6.45) is 3.42. The minimum Gasteiger partial charge on any atom is -0.378 e. The van der Waals surface area contributed by atoms with Crippen molar-refractivity contribution in [2.75, 3.05) is 50.2 Å². The third-order valence-electron chi connectivity index (χ3n) is 3.63. The molecule has 0 spiro atoms. The van der Waals surface area contributed by atoms with Gasteiger partial charge in [-0.3, -0.25) is 0 Å². The van der Waals surface area contributed by atoms with Crippen molar-refractivity contribution in [3.8, 4) is 0 Å². The van der Waals surface area contributed by atoms with Gasteiger partial charge < -0.3 is 14.5 Å². The molecule has 7 nitrogen and oxygen atoms in total. The van der Waals surface area contributed by atoms with Crippen molar-refractivity contribution in [2.45, 2.75) is 0 Å². The summed E-state index contributed by atoms with van der Waals surface area (Å²) in [7, 11) is 3.90. The lowest BCUT2D eigenvalue weighted by Crippen LogP contribution is -2.37. The van der Waals surface area contributed by atoms with Crippen LogP contribution in [0.5, 0.6) is 0 Å². The minimum atomic E-state index is 0.694. The Morgan fingerprint density at radius 2 is 1.86 bits per heavy atom. The molecule has 3 aromatic heterocycles. The lowest BCUT2D eigenvalue weighted by atomic mass is 10.3. The summed E-state index contributed by atoms with van der Waals surface area (Å²) in [4.78, 5) is 23.4. The van der Waals surface area contributed by atoms with Crippen LogP contribution in [0.3, 0.4) is 0 Å². The fourth-order valence-electron chi connectivity index (χ4n) is 2.53. The van der Waals surface area contributed by atoms with E-state index in [0.717, 1.165) is 52.7 Å².